The van der Waals surface area contributed by atoms with Crippen LogP contribution in [0.4, 0.5) is 0 Å². The Morgan fingerprint density at radius 3 is 2.58 bits per heavy atom. The fraction of sp³-hybridized carbons (Fsp3) is 0.500. The second-order valence-electron chi connectivity index (χ2n) is 4.60. The fourth-order valence-electron chi connectivity index (χ4n) is 2.05. The molecule has 0 aliphatic carbocycles. The number of benzene rings is 1. The molecule has 1 aliphatic rings. The van der Waals surface area contributed by atoms with Crippen LogP contribution in [0.3, 0.4) is 0 Å². The molecule has 19 heavy (non-hydrogen) atoms. The number of piperidine rings is 1. The topological polar surface area (TPSA) is 66.4 Å². The lowest BCUT2D eigenvalue weighted by molar-refractivity contribution is -0.151. The molecule has 1 aromatic carbocycles. The van der Waals surface area contributed by atoms with Crippen molar-refractivity contribution in [3.05, 3.63) is 35.9 Å². The Labute approximate surface area is 120 Å². The van der Waals surface area contributed by atoms with E-state index >= 15 is 0 Å². The summed E-state index contributed by atoms with van der Waals surface area (Å²) < 4.78 is 5.40. The molecule has 1 aromatic rings. The van der Waals surface area contributed by atoms with E-state index < -0.39 is 6.04 Å². The zero-order valence-electron chi connectivity index (χ0n) is 10.8. The van der Waals surface area contributed by atoms with Crippen molar-refractivity contribution in [1.29, 1.82) is 0 Å². The lowest BCUT2D eigenvalue weighted by Crippen LogP contribution is -2.39. The molecule has 0 saturated carbocycles. The summed E-state index contributed by atoms with van der Waals surface area (Å²) >= 11 is 0. The lowest BCUT2D eigenvalue weighted by atomic mass is 10.1. The van der Waals surface area contributed by atoms with Crippen LogP contribution in [0, 0.1) is 0 Å². The average molecular weight is 284 g/mol. The number of nitrogens with two attached hydrogens (primary N) is 1. The standard InChI is InChI=1S/C14H19N2O2.ClH/c15-13(10-11-4-2-1-3-5-11)14(17)18-12-6-8-16-9-7-12;/h1-5,12-13H,6-10,15H2;1H/t13-;/m1./s1. The van der Waals surface area contributed by atoms with Crippen LogP contribution in [-0.2, 0) is 16.0 Å². The van der Waals surface area contributed by atoms with Crippen molar-refractivity contribution in [2.24, 2.45) is 5.73 Å². The average Bonchev–Trinajstić information content (AvgIpc) is 2.41. The molecule has 1 atom stereocenters. The molecule has 1 aliphatic heterocycles. The summed E-state index contributed by atoms with van der Waals surface area (Å²) in [6.45, 7) is 1.57. The summed E-state index contributed by atoms with van der Waals surface area (Å²) in [6.07, 6.45) is 2.17. The molecule has 1 saturated heterocycles. The van der Waals surface area contributed by atoms with E-state index in [2.05, 4.69) is 5.32 Å². The highest BCUT2D eigenvalue weighted by molar-refractivity contribution is 5.85. The smallest absolute Gasteiger partial charge is 0.323 e. The third-order valence-electron chi connectivity index (χ3n) is 3.10. The molecular formula is C14H20ClN2O2. The van der Waals surface area contributed by atoms with Crippen molar-refractivity contribution in [3.8, 4) is 0 Å². The first-order valence-electron chi connectivity index (χ1n) is 6.39. The second-order valence-corrected chi connectivity index (χ2v) is 4.60. The van der Waals surface area contributed by atoms with Gasteiger partial charge in [0.05, 0.1) is 0 Å². The van der Waals surface area contributed by atoms with Crippen molar-refractivity contribution in [1.82, 2.24) is 5.32 Å². The molecule has 1 radical (unpaired) electrons. The minimum atomic E-state index is -0.578. The molecule has 105 valence electrons. The summed E-state index contributed by atoms with van der Waals surface area (Å²) in [4.78, 5) is 11.8. The van der Waals surface area contributed by atoms with Crippen molar-refractivity contribution >= 4 is 18.4 Å². The van der Waals surface area contributed by atoms with E-state index in [1.165, 1.54) is 0 Å². The first-order chi connectivity index (χ1) is 8.75. The van der Waals surface area contributed by atoms with Gasteiger partial charge in [0.2, 0.25) is 0 Å². The largest absolute Gasteiger partial charge is 0.461 e. The number of esters is 1. The minimum Gasteiger partial charge on any atom is -0.461 e. The summed E-state index contributed by atoms with van der Waals surface area (Å²) in [5.74, 6) is -0.300. The quantitative estimate of drug-likeness (QED) is 0.847. The molecule has 4 nitrogen and oxygen atoms in total. The highest BCUT2D eigenvalue weighted by Gasteiger charge is 2.22. The van der Waals surface area contributed by atoms with Gasteiger partial charge < -0.3 is 10.5 Å². The Kier molecular flexibility index (Phi) is 6.84. The second kappa shape index (κ2) is 8.15. The Morgan fingerprint density at radius 1 is 1.32 bits per heavy atom. The molecule has 5 heteroatoms. The van der Waals surface area contributed by atoms with Gasteiger partial charge in [0, 0.05) is 13.1 Å². The van der Waals surface area contributed by atoms with Gasteiger partial charge in [-0.3, -0.25) is 4.79 Å². The number of hydrogen-bond donors (Lipinski definition) is 1. The predicted molar refractivity (Wildman–Crippen MR) is 76.4 cm³/mol. The maximum absolute atomic E-state index is 11.8. The van der Waals surface area contributed by atoms with Crippen LogP contribution in [-0.4, -0.2) is 31.2 Å². The number of nitrogens with zero attached hydrogens (tertiary/aromatic N) is 1. The van der Waals surface area contributed by atoms with Crippen molar-refractivity contribution in [2.75, 3.05) is 13.1 Å². The molecule has 1 fully saturated rings. The molecule has 0 unspecified atom stereocenters. The Hall–Kier alpha value is -1.10. The normalized spacial score (nSPS) is 17.3. The molecule has 1 heterocycles. The number of rotatable bonds is 4. The van der Waals surface area contributed by atoms with Crippen molar-refractivity contribution in [2.45, 2.75) is 31.4 Å². The molecule has 0 bridgehead atoms. The van der Waals surface area contributed by atoms with Crippen LogP contribution in [0.15, 0.2) is 30.3 Å². The van der Waals surface area contributed by atoms with E-state index in [9.17, 15) is 4.79 Å². The van der Waals surface area contributed by atoms with Crippen LogP contribution in [0.2, 0.25) is 0 Å². The number of halogens is 1. The van der Waals surface area contributed by atoms with Gasteiger partial charge in [-0.05, 0) is 24.8 Å². The molecular weight excluding hydrogens is 264 g/mol. The third-order valence-corrected chi connectivity index (χ3v) is 3.10. The van der Waals surface area contributed by atoms with Crippen molar-refractivity contribution < 1.29 is 9.53 Å². The summed E-state index contributed by atoms with van der Waals surface area (Å²) in [5.41, 5.74) is 6.92. The zero-order chi connectivity index (χ0) is 12.8. The Balaban J connectivity index is 0.00000180. The molecule has 2 rings (SSSR count). The molecule has 0 aromatic heterocycles. The van der Waals surface area contributed by atoms with E-state index in [1.54, 1.807) is 0 Å². The highest BCUT2D eigenvalue weighted by atomic mass is 35.5. The van der Waals surface area contributed by atoms with E-state index in [1.807, 2.05) is 30.3 Å². The number of ether oxygens (including phenoxy) is 1. The lowest BCUT2D eigenvalue weighted by Gasteiger charge is -2.23. The van der Waals surface area contributed by atoms with Gasteiger partial charge in [0.15, 0.2) is 0 Å². The Morgan fingerprint density at radius 2 is 1.95 bits per heavy atom. The van der Waals surface area contributed by atoms with Crippen molar-refractivity contribution in [3.63, 3.8) is 0 Å². The van der Waals surface area contributed by atoms with Gasteiger partial charge in [-0.15, -0.1) is 12.4 Å². The summed E-state index contributed by atoms with van der Waals surface area (Å²) in [5, 5.41) is 4.22. The van der Waals surface area contributed by atoms with Crippen LogP contribution in [0.25, 0.3) is 0 Å². The zero-order valence-corrected chi connectivity index (χ0v) is 11.6. The van der Waals surface area contributed by atoms with E-state index in [4.69, 9.17) is 10.5 Å². The van der Waals surface area contributed by atoms with Crippen LogP contribution < -0.4 is 11.1 Å². The first kappa shape index (κ1) is 16.0. The van der Waals surface area contributed by atoms with Gasteiger partial charge in [-0.2, -0.15) is 0 Å². The van der Waals surface area contributed by atoms with Gasteiger partial charge in [0.1, 0.15) is 12.1 Å². The SMILES string of the molecule is Cl.N[C@H](Cc1ccccc1)C(=O)OC1CC[N]CC1. The van der Waals surface area contributed by atoms with E-state index in [0.717, 1.165) is 31.5 Å². The number of hydrogen-bond acceptors (Lipinski definition) is 3. The van der Waals surface area contributed by atoms with Crippen LogP contribution in [0.5, 0.6) is 0 Å². The number of carbonyl (C=O) groups is 1. The van der Waals surface area contributed by atoms with Crippen LogP contribution >= 0.6 is 12.4 Å². The number of carbonyl (C=O) groups excluding carboxylic acids is 1. The summed E-state index contributed by atoms with van der Waals surface area (Å²) in [6, 6.07) is 9.18. The maximum Gasteiger partial charge on any atom is 0.323 e. The highest BCUT2D eigenvalue weighted by Crippen LogP contribution is 2.10. The van der Waals surface area contributed by atoms with E-state index in [-0.39, 0.29) is 24.5 Å². The molecule has 2 N–H and O–H groups in total. The van der Waals surface area contributed by atoms with E-state index in [0.29, 0.717) is 6.42 Å². The minimum absolute atomic E-state index is 0. The van der Waals surface area contributed by atoms with Gasteiger partial charge in [-0.1, -0.05) is 30.3 Å². The maximum atomic E-state index is 11.8. The Bertz CT molecular complexity index is 380. The predicted octanol–water partition coefficient (Wildman–Crippen LogP) is 1.29. The first-order valence-corrected chi connectivity index (χ1v) is 6.39. The molecule has 0 spiro atoms. The monoisotopic (exact) mass is 283 g/mol. The summed E-state index contributed by atoms with van der Waals surface area (Å²) in [7, 11) is 0. The van der Waals surface area contributed by atoms with Gasteiger partial charge in [-0.25, -0.2) is 5.32 Å². The van der Waals surface area contributed by atoms with Gasteiger partial charge >= 0.3 is 5.97 Å². The third kappa shape index (κ3) is 5.19. The van der Waals surface area contributed by atoms with Gasteiger partial charge in [0.25, 0.3) is 0 Å². The molecule has 0 amide bonds. The van der Waals surface area contributed by atoms with Crippen LogP contribution in [0.1, 0.15) is 18.4 Å². The fourth-order valence-corrected chi connectivity index (χ4v) is 2.05.